The Balaban J connectivity index is 1.38. The van der Waals surface area contributed by atoms with Crippen LogP contribution in [0.2, 0.25) is 0 Å². The molecule has 4 rings (SSSR count). The molecule has 1 N–H and O–H groups in total. The molecule has 2 aromatic carbocycles. The summed E-state index contributed by atoms with van der Waals surface area (Å²) < 4.78 is 11.5. The van der Waals surface area contributed by atoms with E-state index >= 15 is 0 Å². The molecule has 3 aromatic rings. The number of benzene rings is 2. The largest absolute Gasteiger partial charge is 0.487 e. The quantitative estimate of drug-likeness (QED) is 0.663. The maximum absolute atomic E-state index is 11.6. The summed E-state index contributed by atoms with van der Waals surface area (Å²) in [6.45, 7) is 2.13. The van der Waals surface area contributed by atoms with Crippen molar-refractivity contribution < 1.29 is 23.6 Å². The summed E-state index contributed by atoms with van der Waals surface area (Å²) >= 11 is 0. The van der Waals surface area contributed by atoms with Crippen molar-refractivity contribution >= 4 is 11.9 Å². The van der Waals surface area contributed by atoms with Crippen LogP contribution in [0.15, 0.2) is 59.0 Å². The van der Waals surface area contributed by atoms with Crippen LogP contribution in [-0.2, 0) is 27.5 Å². The van der Waals surface area contributed by atoms with Crippen LogP contribution in [0.4, 0.5) is 0 Å². The lowest BCUT2D eigenvalue weighted by Gasteiger charge is -2.07. The lowest BCUT2D eigenvalue weighted by atomic mass is 9.99. The van der Waals surface area contributed by atoms with Crippen LogP contribution >= 0.6 is 0 Å². The van der Waals surface area contributed by atoms with E-state index in [1.165, 1.54) is 0 Å². The molecule has 7 nitrogen and oxygen atoms in total. The van der Waals surface area contributed by atoms with Crippen molar-refractivity contribution in [1.29, 1.82) is 0 Å². The third kappa shape index (κ3) is 3.73. The Hall–Kier alpha value is -3.61. The zero-order valence-electron chi connectivity index (χ0n) is 15.2. The monoisotopic (exact) mass is 378 g/mol. The van der Waals surface area contributed by atoms with Crippen molar-refractivity contribution in [2.24, 2.45) is 5.92 Å². The molecule has 1 amide bonds. The molecule has 0 saturated carbocycles. The SMILES string of the molecule is Cc1oc(-c2ccccc2)nc1COc1ccc(CC2C(=O)NOC2=O)cc1. The number of amides is 1. The number of hydroxylamine groups is 1. The Morgan fingerprint density at radius 1 is 1.07 bits per heavy atom. The second-order valence-electron chi connectivity index (χ2n) is 6.46. The van der Waals surface area contributed by atoms with Gasteiger partial charge in [0.1, 0.15) is 29.7 Å². The smallest absolute Gasteiger partial charge is 0.345 e. The van der Waals surface area contributed by atoms with E-state index < -0.39 is 17.8 Å². The van der Waals surface area contributed by atoms with E-state index in [9.17, 15) is 9.59 Å². The Kier molecular flexibility index (Phi) is 4.80. The van der Waals surface area contributed by atoms with Crippen LogP contribution in [0, 0.1) is 12.8 Å². The van der Waals surface area contributed by atoms with Gasteiger partial charge in [-0.05, 0) is 43.2 Å². The molecule has 1 fully saturated rings. The number of carbonyl (C=O) groups is 2. The highest BCUT2D eigenvalue weighted by molar-refractivity contribution is 6.01. The first-order chi connectivity index (χ1) is 13.6. The number of oxazole rings is 1. The lowest BCUT2D eigenvalue weighted by molar-refractivity contribution is -0.146. The average Bonchev–Trinajstić information content (AvgIpc) is 3.25. The van der Waals surface area contributed by atoms with E-state index in [4.69, 9.17) is 9.15 Å². The molecule has 7 heteroatoms. The van der Waals surface area contributed by atoms with Gasteiger partial charge in [-0.15, -0.1) is 0 Å². The van der Waals surface area contributed by atoms with E-state index in [-0.39, 0.29) is 13.0 Å². The fourth-order valence-electron chi connectivity index (χ4n) is 2.90. The van der Waals surface area contributed by atoms with Gasteiger partial charge in [0, 0.05) is 5.56 Å². The van der Waals surface area contributed by atoms with Crippen LogP contribution in [0.5, 0.6) is 5.75 Å². The molecule has 142 valence electrons. The minimum Gasteiger partial charge on any atom is -0.487 e. The minimum absolute atomic E-state index is 0.277. The number of hydrogen-bond donors (Lipinski definition) is 1. The van der Waals surface area contributed by atoms with E-state index in [0.717, 1.165) is 16.8 Å². The minimum atomic E-state index is -0.805. The van der Waals surface area contributed by atoms with Crippen molar-refractivity contribution in [3.05, 3.63) is 71.6 Å². The van der Waals surface area contributed by atoms with Crippen LogP contribution in [0.1, 0.15) is 17.0 Å². The number of hydrogen-bond acceptors (Lipinski definition) is 6. The fourth-order valence-corrected chi connectivity index (χ4v) is 2.90. The van der Waals surface area contributed by atoms with Crippen LogP contribution in [0.3, 0.4) is 0 Å². The first kappa shape index (κ1) is 17.8. The molecule has 2 heterocycles. The Morgan fingerprint density at radius 2 is 1.82 bits per heavy atom. The van der Waals surface area contributed by atoms with Crippen molar-refractivity contribution in [2.75, 3.05) is 0 Å². The third-order valence-corrected chi connectivity index (χ3v) is 4.51. The van der Waals surface area contributed by atoms with Gasteiger partial charge in [-0.25, -0.2) is 9.78 Å². The van der Waals surface area contributed by atoms with E-state index in [0.29, 0.717) is 17.4 Å². The summed E-state index contributed by atoms with van der Waals surface area (Å²) in [5, 5.41) is 0. The first-order valence-corrected chi connectivity index (χ1v) is 8.84. The highest BCUT2D eigenvalue weighted by Gasteiger charge is 2.35. The third-order valence-electron chi connectivity index (χ3n) is 4.51. The number of nitrogens with one attached hydrogen (secondary N) is 1. The molecule has 28 heavy (non-hydrogen) atoms. The van der Waals surface area contributed by atoms with Crippen LogP contribution in [0.25, 0.3) is 11.5 Å². The molecule has 1 saturated heterocycles. The molecule has 0 radical (unpaired) electrons. The molecule has 1 atom stereocenters. The highest BCUT2D eigenvalue weighted by atomic mass is 16.7. The van der Waals surface area contributed by atoms with Gasteiger partial charge >= 0.3 is 5.97 Å². The maximum Gasteiger partial charge on any atom is 0.345 e. The standard InChI is InChI=1S/C21H18N2O5/c1-13-18(22-20(27-13)15-5-3-2-4-6-15)12-26-16-9-7-14(8-10-16)11-17-19(24)23-28-21(17)25/h2-10,17H,11-12H2,1H3,(H,23,24). The van der Waals surface area contributed by atoms with E-state index in [1.54, 1.807) is 12.1 Å². The topological polar surface area (TPSA) is 90.7 Å². The highest BCUT2D eigenvalue weighted by Crippen LogP contribution is 2.23. The average molecular weight is 378 g/mol. The van der Waals surface area contributed by atoms with E-state index in [1.807, 2.05) is 49.4 Å². The van der Waals surface area contributed by atoms with Crippen molar-refractivity contribution in [3.8, 4) is 17.2 Å². The number of rotatable bonds is 6. The summed E-state index contributed by atoms with van der Waals surface area (Å²) in [6.07, 6.45) is 0.285. The van der Waals surface area contributed by atoms with Gasteiger partial charge in [-0.1, -0.05) is 30.3 Å². The summed E-state index contributed by atoms with van der Waals surface area (Å²) in [5.74, 6) is 0.156. The Morgan fingerprint density at radius 3 is 2.50 bits per heavy atom. The predicted molar refractivity (Wildman–Crippen MR) is 98.9 cm³/mol. The Bertz CT molecular complexity index is 979. The fraction of sp³-hybridized carbons (Fsp3) is 0.190. The number of ether oxygens (including phenoxy) is 1. The van der Waals surface area contributed by atoms with Crippen LogP contribution in [-0.4, -0.2) is 16.9 Å². The molecular weight excluding hydrogens is 360 g/mol. The normalized spacial score (nSPS) is 16.0. The van der Waals surface area contributed by atoms with Gasteiger partial charge in [-0.3, -0.25) is 4.79 Å². The molecule has 0 aliphatic carbocycles. The number of aryl methyl sites for hydroxylation is 1. The maximum atomic E-state index is 11.6. The zero-order chi connectivity index (χ0) is 19.5. The van der Waals surface area contributed by atoms with Gasteiger partial charge in [0.25, 0.3) is 5.91 Å². The zero-order valence-corrected chi connectivity index (χ0v) is 15.2. The first-order valence-electron chi connectivity index (χ1n) is 8.84. The molecule has 0 bridgehead atoms. The number of nitrogens with zero attached hydrogens (tertiary/aromatic N) is 1. The van der Waals surface area contributed by atoms with Gasteiger partial charge < -0.3 is 14.0 Å². The van der Waals surface area contributed by atoms with Gasteiger partial charge in [-0.2, -0.15) is 5.48 Å². The number of carbonyl (C=O) groups excluding carboxylic acids is 2. The number of aromatic nitrogens is 1. The van der Waals surface area contributed by atoms with E-state index in [2.05, 4.69) is 15.3 Å². The molecule has 1 aliphatic heterocycles. The van der Waals surface area contributed by atoms with Gasteiger partial charge in [0.2, 0.25) is 5.89 Å². The van der Waals surface area contributed by atoms with Gasteiger partial charge in [0.15, 0.2) is 0 Å². The molecule has 0 spiro atoms. The lowest BCUT2D eigenvalue weighted by Crippen LogP contribution is -2.21. The van der Waals surface area contributed by atoms with Crippen molar-refractivity contribution in [3.63, 3.8) is 0 Å². The van der Waals surface area contributed by atoms with Crippen molar-refractivity contribution in [2.45, 2.75) is 20.0 Å². The van der Waals surface area contributed by atoms with Crippen molar-refractivity contribution in [1.82, 2.24) is 10.5 Å². The summed E-state index contributed by atoms with van der Waals surface area (Å²) in [5.41, 5.74) is 4.56. The molecule has 1 aliphatic rings. The predicted octanol–water partition coefficient (Wildman–Crippen LogP) is 2.98. The molecule has 1 unspecified atom stereocenters. The van der Waals surface area contributed by atoms with Crippen LogP contribution < -0.4 is 10.2 Å². The summed E-state index contributed by atoms with van der Waals surface area (Å²) in [6, 6.07) is 16.9. The second-order valence-corrected chi connectivity index (χ2v) is 6.46. The Labute approximate surface area is 161 Å². The molecule has 1 aromatic heterocycles. The second kappa shape index (κ2) is 7.56. The summed E-state index contributed by atoms with van der Waals surface area (Å²) in [4.78, 5) is 32.1. The summed E-state index contributed by atoms with van der Waals surface area (Å²) in [7, 11) is 0. The molecular formula is C21H18N2O5. The van der Waals surface area contributed by atoms with Gasteiger partial charge in [0.05, 0.1) is 0 Å².